The second kappa shape index (κ2) is 16.4. The van der Waals surface area contributed by atoms with Gasteiger partial charge in [-0.3, -0.25) is 14.8 Å². The molecule has 53 heavy (non-hydrogen) atoms. The van der Waals surface area contributed by atoms with Crippen LogP contribution in [0.2, 0.25) is 10.0 Å². The van der Waals surface area contributed by atoms with Crippen molar-refractivity contribution >= 4 is 51.3 Å². The molecule has 5 aromatic rings. The van der Waals surface area contributed by atoms with E-state index in [1.807, 2.05) is 71.9 Å². The maximum absolute atomic E-state index is 12.8. The minimum absolute atomic E-state index is 0.127. The summed E-state index contributed by atoms with van der Waals surface area (Å²) in [5, 5.41) is 5.18. The van der Waals surface area contributed by atoms with E-state index >= 15 is 0 Å². The number of hydrogen-bond donors (Lipinski definition) is 1. The highest BCUT2D eigenvalue weighted by Crippen LogP contribution is 2.40. The summed E-state index contributed by atoms with van der Waals surface area (Å²) >= 11 is 13.9. The zero-order valence-electron chi connectivity index (χ0n) is 29.7. The lowest BCUT2D eigenvalue weighted by Gasteiger charge is -2.30. The lowest BCUT2D eigenvalue weighted by atomic mass is 9.89. The third-order valence-electron chi connectivity index (χ3n) is 10.7. The molecule has 1 N–H and O–H groups in total. The van der Waals surface area contributed by atoms with Crippen LogP contribution in [0.1, 0.15) is 70.5 Å². The Bertz CT molecular complexity index is 2200. The van der Waals surface area contributed by atoms with Gasteiger partial charge >= 0.3 is 0 Å². The highest BCUT2D eigenvalue weighted by molar-refractivity contribution is 8.13. The van der Waals surface area contributed by atoms with E-state index in [9.17, 15) is 4.79 Å². The number of carbonyl (C=O) groups excluding carboxylic acids is 1. The van der Waals surface area contributed by atoms with Crippen LogP contribution in [-0.4, -0.2) is 46.3 Å². The molecular formula is C45H42Cl2N4OS. The average molecular weight is 758 g/mol. The average Bonchev–Trinajstić information content (AvgIpc) is 3.46. The monoisotopic (exact) mass is 756 g/mol. The molecule has 268 valence electrons. The van der Waals surface area contributed by atoms with Gasteiger partial charge in [-0.05, 0) is 158 Å². The first-order valence-corrected chi connectivity index (χ1v) is 20.2. The Morgan fingerprint density at radius 3 is 1.64 bits per heavy atom. The number of hydrogen-bond acceptors (Lipinski definition) is 5. The fourth-order valence-electron chi connectivity index (χ4n) is 8.11. The van der Waals surface area contributed by atoms with Gasteiger partial charge in [-0.2, -0.15) is 0 Å². The van der Waals surface area contributed by atoms with Crippen molar-refractivity contribution in [3.63, 3.8) is 0 Å². The Balaban J connectivity index is 0.000000160. The van der Waals surface area contributed by atoms with Gasteiger partial charge in [0.15, 0.2) is 0 Å². The van der Waals surface area contributed by atoms with Gasteiger partial charge in [0, 0.05) is 51.6 Å². The number of benzene rings is 3. The van der Waals surface area contributed by atoms with E-state index in [1.165, 1.54) is 73.1 Å². The van der Waals surface area contributed by atoms with Crippen LogP contribution in [0.15, 0.2) is 119 Å². The van der Waals surface area contributed by atoms with Gasteiger partial charge in [0.05, 0.1) is 11.4 Å². The quantitative estimate of drug-likeness (QED) is 0.173. The van der Waals surface area contributed by atoms with Crippen molar-refractivity contribution in [2.24, 2.45) is 0 Å². The fraction of sp³-hybridized carbons (Fsp3) is 0.267. The largest absolute Gasteiger partial charge is 0.333 e. The van der Waals surface area contributed by atoms with Gasteiger partial charge in [0.25, 0.3) is 5.24 Å². The summed E-state index contributed by atoms with van der Waals surface area (Å²) in [5.41, 5.74) is 15.7. The molecule has 3 aromatic carbocycles. The number of piperidine rings is 2. The number of nitrogens with zero attached hydrogens (tertiary/aromatic N) is 3. The van der Waals surface area contributed by atoms with Crippen molar-refractivity contribution < 1.29 is 4.79 Å². The van der Waals surface area contributed by atoms with Gasteiger partial charge in [-0.25, -0.2) is 0 Å². The van der Waals surface area contributed by atoms with E-state index in [0.29, 0.717) is 0 Å². The van der Waals surface area contributed by atoms with Crippen molar-refractivity contribution in [1.29, 1.82) is 0 Å². The van der Waals surface area contributed by atoms with E-state index in [2.05, 4.69) is 41.7 Å². The number of nitrogens with one attached hydrogen (secondary N) is 1. The van der Waals surface area contributed by atoms with E-state index in [0.717, 1.165) is 98.2 Å². The maximum Gasteiger partial charge on any atom is 0.286 e. The molecule has 0 bridgehead atoms. The van der Waals surface area contributed by atoms with Crippen molar-refractivity contribution in [2.75, 3.05) is 26.2 Å². The van der Waals surface area contributed by atoms with Crippen LogP contribution in [0.25, 0.3) is 11.1 Å². The molecule has 2 aliphatic carbocycles. The SMILES string of the molecule is Clc1ccc2c(c1)CCc1cccnc1C2=C1CCNCC1.O=C(Sc1ccccc1)N1CCC(=C2c3ccc(Cl)cc3CCc3cccnc32)CC1. The highest BCUT2D eigenvalue weighted by Gasteiger charge is 2.27. The molecule has 2 saturated heterocycles. The zero-order valence-corrected chi connectivity index (χ0v) is 32.0. The molecule has 9 rings (SSSR count). The molecule has 0 unspecified atom stereocenters. The minimum Gasteiger partial charge on any atom is -0.333 e. The summed E-state index contributed by atoms with van der Waals surface area (Å²) in [4.78, 5) is 25.3. The Morgan fingerprint density at radius 2 is 1.09 bits per heavy atom. The number of thioether (sulfide) groups is 1. The summed E-state index contributed by atoms with van der Waals surface area (Å²) in [6.07, 6.45) is 11.7. The number of carbonyl (C=O) groups is 1. The van der Waals surface area contributed by atoms with E-state index < -0.39 is 0 Å². The first-order chi connectivity index (χ1) is 26.0. The Morgan fingerprint density at radius 1 is 0.585 bits per heavy atom. The van der Waals surface area contributed by atoms with Crippen molar-refractivity contribution in [1.82, 2.24) is 20.2 Å². The first kappa shape index (κ1) is 35.8. The van der Waals surface area contributed by atoms with Crippen LogP contribution in [0.5, 0.6) is 0 Å². The van der Waals surface area contributed by atoms with Crippen molar-refractivity contribution in [3.8, 4) is 0 Å². The van der Waals surface area contributed by atoms with Crippen LogP contribution < -0.4 is 5.32 Å². The molecule has 2 aromatic heterocycles. The third kappa shape index (κ3) is 8.02. The van der Waals surface area contributed by atoms with Gasteiger partial charge in [0.1, 0.15) is 0 Å². The number of likely N-dealkylation sites (tertiary alicyclic amines) is 1. The Kier molecular flexibility index (Phi) is 11.1. The molecule has 0 saturated carbocycles. The van der Waals surface area contributed by atoms with Gasteiger partial charge < -0.3 is 10.2 Å². The molecule has 4 heterocycles. The third-order valence-corrected chi connectivity index (χ3v) is 12.2. The molecule has 0 radical (unpaired) electrons. The van der Waals surface area contributed by atoms with Gasteiger partial charge in [-0.15, -0.1) is 0 Å². The molecule has 8 heteroatoms. The molecule has 4 aliphatic rings. The van der Waals surface area contributed by atoms with E-state index in [4.69, 9.17) is 33.2 Å². The number of amides is 1. The predicted octanol–water partition coefficient (Wildman–Crippen LogP) is 10.7. The van der Waals surface area contributed by atoms with Crippen LogP contribution in [-0.2, 0) is 25.7 Å². The van der Waals surface area contributed by atoms with Crippen LogP contribution in [0, 0.1) is 0 Å². The summed E-state index contributed by atoms with van der Waals surface area (Å²) < 4.78 is 0. The molecular weight excluding hydrogens is 715 g/mol. The Labute approximate surface area is 326 Å². The number of pyridine rings is 2. The summed E-state index contributed by atoms with van der Waals surface area (Å²) in [6, 6.07) is 30.9. The molecule has 5 nitrogen and oxygen atoms in total. The summed E-state index contributed by atoms with van der Waals surface area (Å²) in [7, 11) is 0. The van der Waals surface area contributed by atoms with Crippen molar-refractivity contribution in [2.45, 2.75) is 56.3 Å². The van der Waals surface area contributed by atoms with Crippen molar-refractivity contribution in [3.05, 3.63) is 169 Å². The molecule has 2 fully saturated rings. The molecule has 0 spiro atoms. The number of aromatic nitrogens is 2. The first-order valence-electron chi connectivity index (χ1n) is 18.6. The number of fused-ring (bicyclic) bond motifs is 4. The van der Waals surface area contributed by atoms with Gasteiger partial charge in [-0.1, -0.05) is 76.8 Å². The zero-order chi connectivity index (χ0) is 36.1. The van der Waals surface area contributed by atoms with Crippen LogP contribution in [0.4, 0.5) is 4.79 Å². The maximum atomic E-state index is 12.8. The predicted molar refractivity (Wildman–Crippen MR) is 219 cm³/mol. The molecule has 1 amide bonds. The molecule has 2 aliphatic heterocycles. The smallest absolute Gasteiger partial charge is 0.286 e. The molecule has 0 atom stereocenters. The second-order valence-electron chi connectivity index (χ2n) is 14.0. The number of rotatable bonds is 1. The summed E-state index contributed by atoms with van der Waals surface area (Å²) in [6.45, 7) is 3.60. The number of halogens is 2. The topological polar surface area (TPSA) is 58.1 Å². The lowest BCUT2D eigenvalue weighted by molar-refractivity contribution is 0.219. The van der Waals surface area contributed by atoms with Crippen LogP contribution in [0.3, 0.4) is 0 Å². The minimum atomic E-state index is 0.127. The van der Waals surface area contributed by atoms with Gasteiger partial charge in [0.2, 0.25) is 0 Å². The summed E-state index contributed by atoms with van der Waals surface area (Å²) in [5.74, 6) is 0. The lowest BCUT2D eigenvalue weighted by Crippen LogP contribution is -2.34. The highest BCUT2D eigenvalue weighted by atomic mass is 35.5. The fourth-order valence-corrected chi connectivity index (χ4v) is 9.30. The van der Waals surface area contributed by atoms with E-state index in [1.54, 1.807) is 0 Å². The second-order valence-corrected chi connectivity index (χ2v) is 15.9. The number of aryl methyl sites for hydroxylation is 4. The van der Waals surface area contributed by atoms with Crippen LogP contribution >= 0.6 is 35.0 Å². The normalized spacial score (nSPS) is 16.6. The Hall–Kier alpha value is -4.20. The van der Waals surface area contributed by atoms with E-state index in [-0.39, 0.29) is 5.24 Å². The standard InChI is InChI=1S/C26H23ClN2OS.C19H19ClN2/c27-21-10-11-23-20(17-21)9-8-19-5-4-14-28-25(19)24(23)18-12-15-29(16-13-18)26(30)31-22-6-2-1-3-7-22;20-16-5-6-17-15(12-16)4-3-14-2-1-9-22-19(14)18(17)13-7-10-21-11-8-13/h1-7,10-11,14,17H,8-9,12-13,15-16H2;1-2,5-6,9,12,21H,3-4,7-8,10-11H2.